The van der Waals surface area contributed by atoms with E-state index in [2.05, 4.69) is 77.5 Å². The second-order valence-electron chi connectivity index (χ2n) is 12.0. The number of hydrogen-bond acceptors (Lipinski definition) is 24. The Morgan fingerprint density at radius 3 is 1.19 bits per heavy atom. The standard InChI is InChI=1S/C8H9NO6S2.C8H11NO4S2.C8H10S2.C6H6S2.C4H8O2.C2H3N.CH4O.2ClH.H3NO3.H2O4S/c1-16(12,13)7-3-6(9(10)11)4-8(5-7)17(2,14)15;1-14(10,11)7-3-6(9)4-8(5-7)15(2,12)13;1-9-7-4-3-5-8(6-7)10-2;7-5-2-1-3-6(8)4-5;1-3-6-4(2)5;1-2-3;1-2;;;2-1-4-3;1-5(2,3)4/h3-5H,1-2H3;3-5H,9H2,1-2H3;3-6H,1-2H3;1-4,7-8H;3H2,1-2H3;1H3;2H,1H3;2*1H;1-3H;(H2,1,2,3,4). The van der Waals surface area contributed by atoms with Gasteiger partial charge in [-0.15, -0.1) is 66.2 Å². The first-order valence-corrected chi connectivity index (χ1v) is 30.2. The third-order valence-electron chi connectivity index (χ3n) is 6.22. The van der Waals surface area contributed by atoms with Gasteiger partial charge in [-0.3, -0.25) is 29.2 Å². The molecule has 0 aromatic heterocycles. The number of aliphatic hydroxyl groups is 1. The highest BCUT2D eigenvalue weighted by Gasteiger charge is 2.20. The summed E-state index contributed by atoms with van der Waals surface area (Å²) >= 11 is 11.8. The monoisotopic (exact) mass is 1240 g/mol. The lowest BCUT2D eigenvalue weighted by Crippen LogP contribution is -3.00. The van der Waals surface area contributed by atoms with Gasteiger partial charge in [-0.2, -0.15) is 13.7 Å². The molecule has 0 aliphatic carbocycles. The topological polar surface area (TPSA) is 414 Å². The van der Waals surface area contributed by atoms with Crippen LogP contribution in [0.4, 0.5) is 11.4 Å². The Kier molecular flexibility index (Phi) is 49.3. The van der Waals surface area contributed by atoms with Crippen LogP contribution in [0.15, 0.2) is 124 Å². The molecule has 0 radical (unpaired) electrons. The summed E-state index contributed by atoms with van der Waals surface area (Å²) in [6.45, 7) is 5.08. The van der Waals surface area contributed by atoms with Crippen LogP contribution < -0.4 is 23.8 Å². The summed E-state index contributed by atoms with van der Waals surface area (Å²) in [7, 11) is -17.9. The normalized spacial score (nSPS) is 10.0. The molecule has 0 spiro atoms. The number of nitrogens with zero attached hydrogens (tertiary/aromatic N) is 2. The van der Waals surface area contributed by atoms with Crippen molar-refractivity contribution >= 4 is 128 Å². The molecular formula is C37H58Cl2N4O20S9. The lowest BCUT2D eigenvalue weighted by atomic mass is 10.3. The highest BCUT2D eigenvalue weighted by molar-refractivity contribution is 7.99. The fourth-order valence-electron chi connectivity index (χ4n) is 3.57. The molecule has 0 saturated carbocycles. The van der Waals surface area contributed by atoms with Gasteiger partial charge in [0.05, 0.1) is 37.2 Å². The maximum Gasteiger partial charge on any atom is 0.394 e. The molecule has 9 N–H and O–H groups in total. The molecule has 0 aliphatic heterocycles. The average Bonchev–Trinajstić information content (AvgIpc) is 3.23. The van der Waals surface area contributed by atoms with Crippen LogP contribution in [0.3, 0.4) is 0 Å². The molecule has 0 amide bonds. The number of hydrogen-bond donors (Lipinski definition) is 9. The summed E-state index contributed by atoms with van der Waals surface area (Å²) < 4.78 is 126. The molecule has 0 saturated heterocycles. The first kappa shape index (κ1) is 82.7. The van der Waals surface area contributed by atoms with Crippen molar-refractivity contribution in [3.05, 3.63) is 95.0 Å². The van der Waals surface area contributed by atoms with Crippen molar-refractivity contribution in [2.45, 2.75) is 59.9 Å². The second kappa shape index (κ2) is 42.9. The van der Waals surface area contributed by atoms with Gasteiger partial charge in [-0.25, -0.2) is 38.9 Å². The van der Waals surface area contributed by atoms with E-state index in [1.54, 1.807) is 36.5 Å². The molecule has 4 aromatic rings. The Morgan fingerprint density at radius 2 is 1.01 bits per heavy atom. The maximum absolute atomic E-state index is 11.3. The fourth-order valence-corrected chi connectivity index (χ4v) is 8.03. The number of non-ortho nitro benzene ring substituents is 1. The maximum atomic E-state index is 11.3. The molecule has 0 atom stereocenters. The summed E-state index contributed by atoms with van der Waals surface area (Å²) in [4.78, 5) is 26.1. The molecule has 0 unspecified atom stereocenters. The van der Waals surface area contributed by atoms with Gasteiger partial charge >= 0.3 is 16.4 Å². The van der Waals surface area contributed by atoms with E-state index in [0.717, 1.165) is 71.8 Å². The number of nitro benzene ring substituents is 1. The Balaban J connectivity index is -0.000000141. The first-order chi connectivity index (χ1) is 31.9. The molecule has 35 heteroatoms. The van der Waals surface area contributed by atoms with Gasteiger partial charge < -0.3 is 28.0 Å². The molecule has 72 heavy (non-hydrogen) atoms. The van der Waals surface area contributed by atoms with Crippen LogP contribution >= 0.6 is 61.2 Å². The van der Waals surface area contributed by atoms with E-state index in [0.29, 0.717) is 12.3 Å². The van der Waals surface area contributed by atoms with Gasteiger partial charge in [0.1, 0.15) is 5.69 Å². The van der Waals surface area contributed by atoms with E-state index in [9.17, 15) is 48.6 Å². The number of benzene rings is 4. The zero-order valence-electron chi connectivity index (χ0n) is 39.8. The quantitative estimate of drug-likeness (QED) is 0.0220. The highest BCUT2D eigenvalue weighted by atomic mass is 35.5. The van der Waals surface area contributed by atoms with Crippen molar-refractivity contribution in [3.63, 3.8) is 0 Å². The number of esters is 1. The second-order valence-corrected chi connectivity index (χ2v) is 23.8. The molecule has 4 aromatic carbocycles. The number of halogens is 2. The largest absolute Gasteiger partial charge is 1.00 e. The summed E-state index contributed by atoms with van der Waals surface area (Å²) in [5, 5.41) is 39.1. The van der Waals surface area contributed by atoms with Gasteiger partial charge in [0.25, 0.3) is 5.69 Å². The van der Waals surface area contributed by atoms with Crippen molar-refractivity contribution in [2.75, 3.05) is 51.3 Å². The van der Waals surface area contributed by atoms with Crippen molar-refractivity contribution in [2.24, 2.45) is 0 Å². The number of thiol groups is 2. The van der Waals surface area contributed by atoms with E-state index >= 15 is 0 Å². The van der Waals surface area contributed by atoms with Gasteiger partial charge in [0, 0.05) is 89.8 Å². The van der Waals surface area contributed by atoms with E-state index in [4.69, 9.17) is 38.4 Å². The Morgan fingerprint density at radius 1 is 0.736 bits per heavy atom. The molecule has 0 heterocycles. The molecule has 0 bridgehead atoms. The van der Waals surface area contributed by atoms with Crippen LogP contribution in [0.5, 0.6) is 0 Å². The smallest absolute Gasteiger partial charge is 0.394 e. The predicted molar refractivity (Wildman–Crippen MR) is 277 cm³/mol. The molecular weight excluding hydrogens is 1180 g/mol. The van der Waals surface area contributed by atoms with Gasteiger partial charge in [-0.05, 0) is 73.6 Å². The number of carbonyl (C=O) groups is 1. The molecule has 24 nitrogen and oxygen atoms in total. The van der Waals surface area contributed by atoms with Gasteiger partial charge in [0.2, 0.25) is 0 Å². The van der Waals surface area contributed by atoms with Crippen molar-refractivity contribution < 1.29 is 104 Å². The first-order valence-electron chi connectivity index (χ1n) is 17.9. The zero-order valence-corrected chi connectivity index (χ0v) is 48.9. The van der Waals surface area contributed by atoms with Gasteiger partial charge in [-0.1, -0.05) is 12.1 Å². The lowest BCUT2D eigenvalue weighted by Gasteiger charge is -2.02. The lowest BCUT2D eigenvalue weighted by molar-refractivity contribution is -0.385. The number of thioether (sulfide) groups is 2. The predicted octanol–water partition coefficient (Wildman–Crippen LogP) is 2.01. The number of rotatable bonds is 9. The highest BCUT2D eigenvalue weighted by Crippen LogP contribution is 2.24. The Labute approximate surface area is 452 Å². The van der Waals surface area contributed by atoms with E-state index in [1.807, 2.05) is 24.3 Å². The molecule has 414 valence electrons. The van der Waals surface area contributed by atoms with Crippen LogP contribution in [0.25, 0.3) is 0 Å². The van der Waals surface area contributed by atoms with E-state index in [-0.39, 0.29) is 40.6 Å². The number of quaternary nitrogens is 1. The van der Waals surface area contributed by atoms with Crippen LogP contribution in [0.2, 0.25) is 0 Å². The zero-order chi connectivity index (χ0) is 56.3. The summed E-state index contributed by atoms with van der Waals surface area (Å²) in [5.41, 5.74) is 4.31. The molecule has 0 aliphatic rings. The number of nitrogens with one attached hydrogen (secondary N) is 1. The molecule has 0 fully saturated rings. The molecule has 4 rings (SSSR count). The minimum Gasteiger partial charge on any atom is -1.00 e. The Hall–Kier alpha value is -3.35. The number of nitro groups is 1. The summed E-state index contributed by atoms with van der Waals surface area (Å²) in [6.07, 6.45) is 7.93. The number of aliphatic hydroxyl groups excluding tert-OH is 1. The Bertz CT molecular complexity index is 2680. The summed E-state index contributed by atoms with van der Waals surface area (Å²) in [6, 6.07) is 24.3. The summed E-state index contributed by atoms with van der Waals surface area (Å²) in [5.74, 6) is -0.211. The number of sulfone groups is 4. The minimum absolute atomic E-state index is 0. The number of carbonyl (C=O) groups excluding carboxylic acids is 1. The third-order valence-corrected chi connectivity index (χ3v) is 12.6. The van der Waals surface area contributed by atoms with Gasteiger partial charge in [0.15, 0.2) is 39.3 Å². The fraction of sp³-hybridized carbons (Fsp3) is 0.297. The van der Waals surface area contributed by atoms with Crippen LogP contribution in [-0.2, 0) is 64.3 Å². The van der Waals surface area contributed by atoms with E-state index in [1.165, 1.54) is 35.8 Å². The third kappa shape index (κ3) is 48.9. The number of ether oxygens (including phenoxy) is 1. The van der Waals surface area contributed by atoms with Crippen molar-refractivity contribution in [3.8, 4) is 6.07 Å². The van der Waals surface area contributed by atoms with Crippen molar-refractivity contribution in [1.82, 2.24) is 5.64 Å². The van der Waals surface area contributed by atoms with Crippen LogP contribution in [0, 0.1) is 21.4 Å². The SMILES string of the molecule is CC#N.CCOC(C)=O.CO.CS(=O)(=O)c1cc([N+](=O)[O-])cc(S(C)(=O)=O)c1.CS(=O)(=O)c1cc([NH3+])cc(S(C)(=O)=O)c1.CSc1cccc(SC)c1.Cl.O=S(=O)(O)O.ONOO.Sc1cccc(S)c1.[Cl-]. The average molecular weight is 1240 g/mol. The van der Waals surface area contributed by atoms with Crippen LogP contribution in [0.1, 0.15) is 20.8 Å². The minimum atomic E-state index is -4.67. The number of nitriles is 1. The van der Waals surface area contributed by atoms with Crippen molar-refractivity contribution in [1.29, 1.82) is 5.26 Å². The van der Waals surface area contributed by atoms with Crippen LogP contribution in [-0.4, -0.2) is 129 Å². The van der Waals surface area contributed by atoms with E-state index < -0.39 is 70.1 Å².